The third-order valence-corrected chi connectivity index (χ3v) is 3.19. The summed E-state index contributed by atoms with van der Waals surface area (Å²) in [6.45, 7) is 2.91. The van der Waals surface area contributed by atoms with Gasteiger partial charge < -0.3 is 15.0 Å². The highest BCUT2D eigenvalue weighted by atomic mass is 32.2. The van der Waals surface area contributed by atoms with Crippen molar-refractivity contribution in [3.05, 3.63) is 23.5 Å². The third-order valence-electron chi connectivity index (χ3n) is 2.55. The molecular formula is C12H20N2O2S. The van der Waals surface area contributed by atoms with Crippen molar-refractivity contribution in [2.75, 3.05) is 19.1 Å². The SMILES string of the molecule is COC(=O)c1ccc(CNC(C)CCSC)[nH]1. The molecule has 0 saturated carbocycles. The zero-order valence-corrected chi connectivity index (χ0v) is 11.4. The van der Waals surface area contributed by atoms with Crippen LogP contribution >= 0.6 is 11.8 Å². The van der Waals surface area contributed by atoms with E-state index < -0.39 is 0 Å². The summed E-state index contributed by atoms with van der Waals surface area (Å²) in [6.07, 6.45) is 3.26. The van der Waals surface area contributed by atoms with Crippen LogP contribution in [0.15, 0.2) is 12.1 Å². The van der Waals surface area contributed by atoms with Crippen molar-refractivity contribution in [2.24, 2.45) is 0 Å². The number of rotatable bonds is 7. The van der Waals surface area contributed by atoms with Gasteiger partial charge in [-0.1, -0.05) is 0 Å². The number of thioether (sulfide) groups is 1. The van der Waals surface area contributed by atoms with Gasteiger partial charge in [-0.2, -0.15) is 11.8 Å². The number of carbonyl (C=O) groups excluding carboxylic acids is 1. The molecule has 1 heterocycles. The number of nitrogens with one attached hydrogen (secondary N) is 2. The van der Waals surface area contributed by atoms with Gasteiger partial charge in [0, 0.05) is 18.3 Å². The Morgan fingerprint density at radius 1 is 1.59 bits per heavy atom. The summed E-state index contributed by atoms with van der Waals surface area (Å²) in [7, 11) is 1.38. The van der Waals surface area contributed by atoms with Crippen molar-refractivity contribution in [3.8, 4) is 0 Å². The van der Waals surface area contributed by atoms with Crippen molar-refractivity contribution in [3.63, 3.8) is 0 Å². The number of hydrogen-bond donors (Lipinski definition) is 2. The summed E-state index contributed by atoms with van der Waals surface area (Å²) in [6, 6.07) is 4.13. The van der Waals surface area contributed by atoms with Gasteiger partial charge >= 0.3 is 5.97 Å². The molecule has 0 amide bonds. The minimum absolute atomic E-state index is 0.327. The van der Waals surface area contributed by atoms with Crippen LogP contribution in [0.3, 0.4) is 0 Å². The number of aromatic amines is 1. The van der Waals surface area contributed by atoms with Gasteiger partial charge in [-0.15, -0.1) is 0 Å². The maximum absolute atomic E-state index is 11.2. The molecule has 1 aromatic rings. The molecule has 0 aliphatic rings. The van der Waals surface area contributed by atoms with E-state index >= 15 is 0 Å². The second-order valence-corrected chi connectivity index (χ2v) is 4.94. The van der Waals surface area contributed by atoms with E-state index in [0.29, 0.717) is 11.7 Å². The summed E-state index contributed by atoms with van der Waals surface area (Å²) < 4.78 is 4.63. The fourth-order valence-electron chi connectivity index (χ4n) is 1.45. The predicted octanol–water partition coefficient (Wildman–Crippen LogP) is 2.03. The molecule has 0 spiro atoms. The molecule has 5 heteroatoms. The first-order valence-electron chi connectivity index (χ1n) is 5.66. The smallest absolute Gasteiger partial charge is 0.354 e. The highest BCUT2D eigenvalue weighted by molar-refractivity contribution is 7.98. The van der Waals surface area contributed by atoms with Crippen LogP contribution in [0, 0.1) is 0 Å². The molecule has 0 aliphatic heterocycles. The largest absolute Gasteiger partial charge is 0.464 e. The second kappa shape index (κ2) is 7.40. The molecule has 4 nitrogen and oxygen atoms in total. The van der Waals surface area contributed by atoms with Crippen LogP contribution in [0.1, 0.15) is 29.5 Å². The van der Waals surface area contributed by atoms with Gasteiger partial charge in [0.25, 0.3) is 0 Å². The maximum atomic E-state index is 11.2. The fraction of sp³-hybridized carbons (Fsp3) is 0.583. The number of methoxy groups -OCH3 is 1. The average molecular weight is 256 g/mol. The molecular weight excluding hydrogens is 236 g/mol. The molecule has 0 fully saturated rings. The molecule has 1 atom stereocenters. The lowest BCUT2D eigenvalue weighted by Gasteiger charge is -2.12. The Bertz CT molecular complexity index is 352. The van der Waals surface area contributed by atoms with Gasteiger partial charge in [0.2, 0.25) is 0 Å². The third kappa shape index (κ3) is 4.83. The molecule has 0 aliphatic carbocycles. The van der Waals surface area contributed by atoms with Crippen LogP contribution in [-0.4, -0.2) is 36.1 Å². The molecule has 0 radical (unpaired) electrons. The van der Waals surface area contributed by atoms with Crippen LogP contribution in [0.5, 0.6) is 0 Å². The Morgan fingerprint density at radius 2 is 2.35 bits per heavy atom. The van der Waals surface area contributed by atoms with E-state index in [-0.39, 0.29) is 5.97 Å². The lowest BCUT2D eigenvalue weighted by atomic mass is 10.2. The molecule has 1 rings (SSSR count). The summed E-state index contributed by atoms with van der Waals surface area (Å²) in [5, 5.41) is 3.41. The van der Waals surface area contributed by atoms with Gasteiger partial charge in [0.1, 0.15) is 5.69 Å². The van der Waals surface area contributed by atoms with Crippen molar-refractivity contribution >= 4 is 17.7 Å². The van der Waals surface area contributed by atoms with E-state index in [9.17, 15) is 4.79 Å². The molecule has 17 heavy (non-hydrogen) atoms. The van der Waals surface area contributed by atoms with Crippen LogP contribution < -0.4 is 5.32 Å². The first-order chi connectivity index (χ1) is 8.17. The van der Waals surface area contributed by atoms with Crippen molar-refractivity contribution in [1.82, 2.24) is 10.3 Å². The second-order valence-electron chi connectivity index (χ2n) is 3.95. The number of esters is 1. The van der Waals surface area contributed by atoms with E-state index in [2.05, 4.69) is 28.2 Å². The van der Waals surface area contributed by atoms with Gasteiger partial charge in [-0.25, -0.2) is 4.79 Å². The van der Waals surface area contributed by atoms with Crippen LogP contribution in [0.2, 0.25) is 0 Å². The number of ether oxygens (including phenoxy) is 1. The molecule has 1 unspecified atom stereocenters. The zero-order chi connectivity index (χ0) is 12.7. The van der Waals surface area contributed by atoms with Crippen molar-refractivity contribution < 1.29 is 9.53 Å². The monoisotopic (exact) mass is 256 g/mol. The summed E-state index contributed by atoms with van der Waals surface area (Å²) in [5.41, 5.74) is 1.50. The molecule has 96 valence electrons. The number of hydrogen-bond acceptors (Lipinski definition) is 4. The highest BCUT2D eigenvalue weighted by Crippen LogP contribution is 2.05. The predicted molar refractivity (Wildman–Crippen MR) is 71.4 cm³/mol. The van der Waals surface area contributed by atoms with Crippen LogP contribution in [-0.2, 0) is 11.3 Å². The lowest BCUT2D eigenvalue weighted by Crippen LogP contribution is -2.26. The van der Waals surface area contributed by atoms with E-state index in [1.54, 1.807) is 6.07 Å². The number of carbonyl (C=O) groups is 1. The van der Waals surface area contributed by atoms with E-state index in [1.807, 2.05) is 17.8 Å². The van der Waals surface area contributed by atoms with Crippen molar-refractivity contribution in [1.29, 1.82) is 0 Å². The van der Waals surface area contributed by atoms with Crippen LogP contribution in [0.4, 0.5) is 0 Å². The Balaban J connectivity index is 2.36. The Kier molecular flexibility index (Phi) is 6.15. The summed E-state index contributed by atoms with van der Waals surface area (Å²) in [4.78, 5) is 14.3. The Morgan fingerprint density at radius 3 is 3.00 bits per heavy atom. The Hall–Kier alpha value is -0.940. The lowest BCUT2D eigenvalue weighted by molar-refractivity contribution is 0.0594. The first kappa shape index (κ1) is 14.1. The van der Waals surface area contributed by atoms with Crippen LogP contribution in [0.25, 0.3) is 0 Å². The first-order valence-corrected chi connectivity index (χ1v) is 7.05. The minimum Gasteiger partial charge on any atom is -0.464 e. The zero-order valence-electron chi connectivity index (χ0n) is 10.6. The Labute approximate surface area is 107 Å². The fourth-order valence-corrected chi connectivity index (χ4v) is 2.04. The molecule has 0 aromatic carbocycles. The van der Waals surface area contributed by atoms with Gasteiger partial charge in [0.05, 0.1) is 7.11 Å². The van der Waals surface area contributed by atoms with E-state index in [4.69, 9.17) is 0 Å². The maximum Gasteiger partial charge on any atom is 0.354 e. The van der Waals surface area contributed by atoms with Gasteiger partial charge in [0.15, 0.2) is 0 Å². The van der Waals surface area contributed by atoms with Gasteiger partial charge in [-0.05, 0) is 37.5 Å². The van der Waals surface area contributed by atoms with Crippen molar-refractivity contribution in [2.45, 2.75) is 25.9 Å². The summed E-state index contributed by atoms with van der Waals surface area (Å²) >= 11 is 1.85. The van der Waals surface area contributed by atoms with E-state index in [0.717, 1.165) is 24.4 Å². The number of H-pyrrole nitrogens is 1. The average Bonchev–Trinajstić information content (AvgIpc) is 2.81. The highest BCUT2D eigenvalue weighted by Gasteiger charge is 2.08. The molecule has 0 bridgehead atoms. The standard InChI is InChI=1S/C12H20N2O2S/c1-9(6-7-17-3)13-8-10-4-5-11(14-10)12(15)16-2/h4-5,9,13-14H,6-8H2,1-3H3. The molecule has 2 N–H and O–H groups in total. The minimum atomic E-state index is -0.327. The van der Waals surface area contributed by atoms with Gasteiger partial charge in [-0.3, -0.25) is 0 Å². The normalized spacial score (nSPS) is 12.4. The molecule has 0 saturated heterocycles. The quantitative estimate of drug-likeness (QED) is 0.733. The molecule has 1 aromatic heterocycles. The van der Waals surface area contributed by atoms with E-state index in [1.165, 1.54) is 7.11 Å². The number of aromatic nitrogens is 1. The summed E-state index contributed by atoms with van der Waals surface area (Å²) in [5.74, 6) is 0.832. The topological polar surface area (TPSA) is 54.1 Å².